The summed E-state index contributed by atoms with van der Waals surface area (Å²) in [6.07, 6.45) is 1.59. The van der Waals surface area contributed by atoms with Crippen LogP contribution in [-0.2, 0) is 14.3 Å². The molecule has 0 unspecified atom stereocenters. The third-order valence-corrected chi connectivity index (χ3v) is 8.99. The quantitative estimate of drug-likeness (QED) is 0.0606. The summed E-state index contributed by atoms with van der Waals surface area (Å²) in [5.41, 5.74) is 3.47. The third-order valence-electron chi connectivity index (χ3n) is 7.10. The highest BCUT2D eigenvalue weighted by molar-refractivity contribution is 8.00. The number of hydrogen-bond donors (Lipinski definition) is 3. The highest BCUT2D eigenvalue weighted by Gasteiger charge is 2.23. The van der Waals surface area contributed by atoms with Crippen LogP contribution in [0.2, 0.25) is 0 Å². The van der Waals surface area contributed by atoms with Gasteiger partial charge in [0.2, 0.25) is 5.91 Å². The lowest BCUT2D eigenvalue weighted by atomic mass is 10.0. The molecule has 0 atom stereocenters. The van der Waals surface area contributed by atoms with Gasteiger partial charge in [0.1, 0.15) is 22.0 Å². The second-order valence-electron chi connectivity index (χ2n) is 10.6. The molecule has 11 heteroatoms. The normalized spacial score (nSPS) is 11.0. The van der Waals surface area contributed by atoms with Gasteiger partial charge in [0.25, 0.3) is 11.8 Å². The molecule has 1 aromatic heterocycles. The van der Waals surface area contributed by atoms with Crippen molar-refractivity contribution in [3.05, 3.63) is 137 Å². The van der Waals surface area contributed by atoms with Crippen LogP contribution in [0.4, 0.5) is 10.7 Å². The van der Waals surface area contributed by atoms with Crippen LogP contribution in [0.25, 0.3) is 17.2 Å². The number of nitrogens with one attached hydrogen (secondary N) is 3. The molecular formula is C39H35N3O6S2. The fraction of sp³-hybridized carbons (Fsp3) is 0.128. The lowest BCUT2D eigenvalue weighted by Crippen LogP contribution is -2.30. The Labute approximate surface area is 298 Å². The van der Waals surface area contributed by atoms with Crippen molar-refractivity contribution in [2.24, 2.45) is 0 Å². The summed E-state index contributed by atoms with van der Waals surface area (Å²) >= 11 is 2.53. The molecule has 0 aliphatic rings. The van der Waals surface area contributed by atoms with Crippen LogP contribution >= 0.6 is 23.1 Å². The summed E-state index contributed by atoms with van der Waals surface area (Å²) in [5, 5.41) is 10.7. The van der Waals surface area contributed by atoms with Crippen LogP contribution in [0.3, 0.4) is 0 Å². The first-order valence-electron chi connectivity index (χ1n) is 15.8. The average molecular weight is 706 g/mol. The Kier molecular flexibility index (Phi) is 12.6. The lowest BCUT2D eigenvalue weighted by molar-refractivity contribution is -0.114. The molecular weight excluding hydrogens is 671 g/mol. The van der Waals surface area contributed by atoms with Crippen molar-refractivity contribution in [1.29, 1.82) is 0 Å². The van der Waals surface area contributed by atoms with Gasteiger partial charge in [-0.25, -0.2) is 4.79 Å². The molecule has 254 valence electrons. The van der Waals surface area contributed by atoms with E-state index in [4.69, 9.17) is 9.47 Å². The standard InChI is InChI=1S/C39H35N3O6S2/c1-3-47-30-20-18-26(19-21-30)22-33(41-36(44)28-14-9-6-10-15-28)37(45)40-29-16-11-17-31(23-29)49-25-34(43)42-38-35(39(46)48-4-2)32(24-50-38)27-12-7-5-8-13-27/h5-24H,3-4,25H2,1-2H3,(H,40,45)(H,41,44)(H,42,43)/b33-22+. The van der Waals surface area contributed by atoms with Gasteiger partial charge in [-0.2, -0.15) is 0 Å². The van der Waals surface area contributed by atoms with Crippen molar-refractivity contribution in [2.75, 3.05) is 29.6 Å². The van der Waals surface area contributed by atoms with Crippen LogP contribution < -0.4 is 20.7 Å². The van der Waals surface area contributed by atoms with E-state index in [0.717, 1.165) is 10.5 Å². The first-order valence-corrected chi connectivity index (χ1v) is 17.7. The zero-order valence-corrected chi connectivity index (χ0v) is 29.1. The Morgan fingerprint density at radius 1 is 0.800 bits per heavy atom. The number of amides is 3. The molecule has 0 spiro atoms. The van der Waals surface area contributed by atoms with Gasteiger partial charge < -0.3 is 25.4 Å². The molecule has 0 fully saturated rings. The first kappa shape index (κ1) is 35.7. The SMILES string of the molecule is CCOC(=O)c1c(-c2ccccc2)csc1NC(=O)CSc1cccc(NC(=O)/C(=C\c2ccc(OCC)cc2)NC(=O)c2ccccc2)c1. The minimum atomic E-state index is -0.526. The van der Waals surface area contributed by atoms with Gasteiger partial charge in [-0.3, -0.25) is 14.4 Å². The Bertz CT molecular complexity index is 1980. The molecule has 0 radical (unpaired) electrons. The lowest BCUT2D eigenvalue weighted by Gasteiger charge is -2.12. The van der Waals surface area contributed by atoms with E-state index >= 15 is 0 Å². The van der Waals surface area contributed by atoms with Crippen molar-refractivity contribution in [2.45, 2.75) is 18.7 Å². The van der Waals surface area contributed by atoms with E-state index in [2.05, 4.69) is 16.0 Å². The number of esters is 1. The highest BCUT2D eigenvalue weighted by atomic mass is 32.2. The molecule has 9 nitrogen and oxygen atoms in total. The Morgan fingerprint density at radius 3 is 2.22 bits per heavy atom. The van der Waals surface area contributed by atoms with Crippen molar-refractivity contribution >= 4 is 63.6 Å². The molecule has 0 saturated carbocycles. The van der Waals surface area contributed by atoms with Gasteiger partial charge in [0.15, 0.2) is 0 Å². The molecule has 5 aromatic rings. The van der Waals surface area contributed by atoms with Crippen LogP contribution in [0.5, 0.6) is 5.75 Å². The van der Waals surface area contributed by atoms with Crippen LogP contribution in [0.1, 0.15) is 40.1 Å². The van der Waals surface area contributed by atoms with Crippen molar-refractivity contribution in [3.63, 3.8) is 0 Å². The van der Waals surface area contributed by atoms with Crippen LogP contribution in [-0.4, -0.2) is 42.7 Å². The molecule has 0 bridgehead atoms. The van der Waals surface area contributed by atoms with Gasteiger partial charge >= 0.3 is 5.97 Å². The summed E-state index contributed by atoms with van der Waals surface area (Å²) < 4.78 is 10.8. The second-order valence-corrected chi connectivity index (χ2v) is 12.6. The molecule has 0 aliphatic carbocycles. The molecule has 5 rings (SSSR count). The molecule has 50 heavy (non-hydrogen) atoms. The fourth-order valence-corrected chi connectivity index (χ4v) is 6.52. The number of benzene rings is 4. The molecule has 4 aromatic carbocycles. The summed E-state index contributed by atoms with van der Waals surface area (Å²) in [5.74, 6) is -1.02. The largest absolute Gasteiger partial charge is 0.494 e. The number of anilines is 2. The third kappa shape index (κ3) is 9.71. The Morgan fingerprint density at radius 2 is 1.52 bits per heavy atom. The van der Waals surface area contributed by atoms with Crippen molar-refractivity contribution < 1.29 is 28.7 Å². The van der Waals surface area contributed by atoms with Gasteiger partial charge in [-0.15, -0.1) is 23.1 Å². The second kappa shape index (κ2) is 17.7. The van der Waals surface area contributed by atoms with E-state index in [9.17, 15) is 19.2 Å². The van der Waals surface area contributed by atoms with E-state index in [1.807, 2.05) is 48.7 Å². The fourth-order valence-electron chi connectivity index (χ4n) is 4.80. The Balaban J connectivity index is 1.27. The Hall–Kier alpha value is -5.65. The first-order chi connectivity index (χ1) is 24.3. The number of hydrogen-bond acceptors (Lipinski definition) is 8. The number of thiophene rings is 1. The molecule has 0 saturated heterocycles. The maximum atomic E-state index is 13.5. The molecule has 0 aliphatic heterocycles. The number of thioether (sulfide) groups is 1. The van der Waals surface area contributed by atoms with Crippen molar-refractivity contribution in [1.82, 2.24) is 5.32 Å². The van der Waals surface area contributed by atoms with Gasteiger partial charge in [0, 0.05) is 27.1 Å². The number of ether oxygens (including phenoxy) is 2. The monoisotopic (exact) mass is 705 g/mol. The minimum Gasteiger partial charge on any atom is -0.494 e. The summed E-state index contributed by atoms with van der Waals surface area (Å²) in [4.78, 5) is 53.2. The zero-order chi connectivity index (χ0) is 35.3. The van der Waals surface area contributed by atoms with E-state index < -0.39 is 17.8 Å². The van der Waals surface area contributed by atoms with Crippen LogP contribution in [0.15, 0.2) is 125 Å². The molecule has 1 heterocycles. The maximum Gasteiger partial charge on any atom is 0.341 e. The van der Waals surface area contributed by atoms with E-state index in [-0.39, 0.29) is 24.0 Å². The number of rotatable bonds is 14. The number of carbonyl (C=O) groups excluding carboxylic acids is 4. The zero-order valence-electron chi connectivity index (χ0n) is 27.4. The summed E-state index contributed by atoms with van der Waals surface area (Å²) in [6, 6.07) is 32.3. The predicted octanol–water partition coefficient (Wildman–Crippen LogP) is 8.13. The maximum absolute atomic E-state index is 13.5. The van der Waals surface area contributed by atoms with Gasteiger partial charge in [-0.05, 0) is 73.5 Å². The van der Waals surface area contributed by atoms with E-state index in [0.29, 0.717) is 45.3 Å². The van der Waals surface area contributed by atoms with E-state index in [1.54, 1.807) is 85.8 Å². The van der Waals surface area contributed by atoms with E-state index in [1.165, 1.54) is 23.1 Å². The average Bonchev–Trinajstić information content (AvgIpc) is 3.55. The molecule has 3 N–H and O–H groups in total. The van der Waals surface area contributed by atoms with Gasteiger partial charge in [0.05, 0.1) is 19.0 Å². The predicted molar refractivity (Wildman–Crippen MR) is 200 cm³/mol. The minimum absolute atomic E-state index is 0.0451. The smallest absolute Gasteiger partial charge is 0.341 e. The van der Waals surface area contributed by atoms with Crippen molar-refractivity contribution in [3.8, 4) is 16.9 Å². The number of carbonyl (C=O) groups is 4. The van der Waals surface area contributed by atoms with Gasteiger partial charge in [-0.1, -0.05) is 66.7 Å². The topological polar surface area (TPSA) is 123 Å². The molecule has 3 amide bonds. The highest BCUT2D eigenvalue weighted by Crippen LogP contribution is 2.36. The summed E-state index contributed by atoms with van der Waals surface area (Å²) in [7, 11) is 0. The summed E-state index contributed by atoms with van der Waals surface area (Å²) in [6.45, 7) is 4.36. The van der Waals surface area contributed by atoms with Crippen LogP contribution in [0, 0.1) is 0 Å².